The zero-order valence-electron chi connectivity index (χ0n) is 10.9. The van der Waals surface area contributed by atoms with Crippen molar-refractivity contribution in [2.24, 2.45) is 0 Å². The lowest BCUT2D eigenvalue weighted by molar-refractivity contribution is -0.113. The molecule has 0 radical (unpaired) electrons. The summed E-state index contributed by atoms with van der Waals surface area (Å²) in [5, 5.41) is 3.36. The number of benzene rings is 2. The summed E-state index contributed by atoms with van der Waals surface area (Å²) in [5.41, 5.74) is 0.582. The molecule has 0 spiro atoms. The molecule has 0 unspecified atom stereocenters. The van der Waals surface area contributed by atoms with Crippen LogP contribution in [0, 0.1) is 0 Å². The van der Waals surface area contributed by atoms with Crippen molar-refractivity contribution >= 4 is 35.0 Å². The maximum absolute atomic E-state index is 11.9. The van der Waals surface area contributed by atoms with E-state index < -0.39 is 0 Å². The van der Waals surface area contributed by atoms with Crippen molar-refractivity contribution in [1.29, 1.82) is 0 Å². The van der Waals surface area contributed by atoms with E-state index in [1.165, 1.54) is 11.8 Å². The monoisotopic (exact) mass is 307 g/mol. The highest BCUT2D eigenvalue weighted by molar-refractivity contribution is 8.00. The van der Waals surface area contributed by atoms with Gasteiger partial charge in [0.15, 0.2) is 0 Å². The number of amides is 1. The number of methoxy groups -OCH3 is 1. The number of nitrogens with one attached hydrogen (secondary N) is 1. The van der Waals surface area contributed by atoms with E-state index in [-0.39, 0.29) is 5.91 Å². The summed E-state index contributed by atoms with van der Waals surface area (Å²) in [5.74, 6) is 0.825. The standard InChI is InChI=1S/C15H14ClNO2S/c1-19-14-8-7-11(16)9-13(14)17-15(18)10-20-12-5-3-2-4-6-12/h2-9H,10H2,1H3,(H,17,18). The first kappa shape index (κ1) is 14.8. The zero-order chi connectivity index (χ0) is 14.4. The van der Waals surface area contributed by atoms with E-state index >= 15 is 0 Å². The SMILES string of the molecule is COc1ccc(Cl)cc1NC(=O)CSc1ccccc1. The van der Waals surface area contributed by atoms with E-state index in [4.69, 9.17) is 16.3 Å². The number of rotatable bonds is 5. The summed E-state index contributed by atoms with van der Waals surface area (Å²) >= 11 is 7.40. The van der Waals surface area contributed by atoms with Crippen LogP contribution in [0.3, 0.4) is 0 Å². The van der Waals surface area contributed by atoms with Crippen LogP contribution in [-0.4, -0.2) is 18.8 Å². The number of carbonyl (C=O) groups is 1. The predicted octanol–water partition coefficient (Wildman–Crippen LogP) is 4.08. The van der Waals surface area contributed by atoms with E-state index in [0.29, 0.717) is 22.2 Å². The molecule has 104 valence electrons. The van der Waals surface area contributed by atoms with Crippen LogP contribution in [0.5, 0.6) is 5.75 Å². The lowest BCUT2D eigenvalue weighted by atomic mass is 10.3. The van der Waals surface area contributed by atoms with Gasteiger partial charge in [-0.25, -0.2) is 0 Å². The van der Waals surface area contributed by atoms with E-state index in [1.54, 1.807) is 25.3 Å². The van der Waals surface area contributed by atoms with Crippen LogP contribution in [0.1, 0.15) is 0 Å². The maximum Gasteiger partial charge on any atom is 0.234 e. The topological polar surface area (TPSA) is 38.3 Å². The Hall–Kier alpha value is -1.65. The quantitative estimate of drug-likeness (QED) is 0.846. The fourth-order valence-corrected chi connectivity index (χ4v) is 2.52. The number of hydrogen-bond donors (Lipinski definition) is 1. The van der Waals surface area contributed by atoms with Crippen LogP contribution in [0.2, 0.25) is 5.02 Å². The summed E-state index contributed by atoms with van der Waals surface area (Å²) in [6, 6.07) is 14.9. The summed E-state index contributed by atoms with van der Waals surface area (Å²) in [6.07, 6.45) is 0. The second-order valence-electron chi connectivity index (χ2n) is 3.99. The number of thioether (sulfide) groups is 1. The van der Waals surface area contributed by atoms with Gasteiger partial charge in [-0.1, -0.05) is 29.8 Å². The first-order chi connectivity index (χ1) is 9.69. The Morgan fingerprint density at radius 3 is 2.70 bits per heavy atom. The smallest absolute Gasteiger partial charge is 0.234 e. The lowest BCUT2D eigenvalue weighted by Gasteiger charge is -2.10. The molecule has 0 bridgehead atoms. The molecule has 1 N–H and O–H groups in total. The zero-order valence-corrected chi connectivity index (χ0v) is 12.5. The first-order valence-electron chi connectivity index (χ1n) is 6.00. The normalized spacial score (nSPS) is 10.1. The van der Waals surface area contributed by atoms with Crippen molar-refractivity contribution in [3.63, 3.8) is 0 Å². The fourth-order valence-electron chi connectivity index (χ4n) is 1.63. The van der Waals surface area contributed by atoms with Gasteiger partial charge in [0.05, 0.1) is 18.6 Å². The highest BCUT2D eigenvalue weighted by atomic mass is 35.5. The third-order valence-corrected chi connectivity index (χ3v) is 3.80. The van der Waals surface area contributed by atoms with Crippen molar-refractivity contribution in [3.05, 3.63) is 53.6 Å². The number of halogens is 1. The number of ether oxygens (including phenoxy) is 1. The average molecular weight is 308 g/mol. The molecule has 3 nitrogen and oxygen atoms in total. The molecule has 0 fully saturated rings. The summed E-state index contributed by atoms with van der Waals surface area (Å²) in [4.78, 5) is 13.0. The van der Waals surface area contributed by atoms with Gasteiger partial charge in [0.1, 0.15) is 5.75 Å². The minimum absolute atomic E-state index is 0.0978. The molecule has 2 aromatic rings. The summed E-state index contributed by atoms with van der Waals surface area (Å²) in [6.45, 7) is 0. The van der Waals surface area contributed by atoms with E-state index in [2.05, 4.69) is 5.32 Å². The fraction of sp³-hybridized carbons (Fsp3) is 0.133. The highest BCUT2D eigenvalue weighted by Gasteiger charge is 2.08. The van der Waals surface area contributed by atoms with Gasteiger partial charge in [0.2, 0.25) is 5.91 Å². The van der Waals surface area contributed by atoms with Crippen LogP contribution < -0.4 is 10.1 Å². The van der Waals surface area contributed by atoms with Crippen molar-refractivity contribution in [3.8, 4) is 5.75 Å². The first-order valence-corrected chi connectivity index (χ1v) is 7.36. The largest absolute Gasteiger partial charge is 0.495 e. The Morgan fingerprint density at radius 1 is 1.25 bits per heavy atom. The molecule has 0 aromatic heterocycles. The molecular weight excluding hydrogens is 294 g/mol. The second-order valence-corrected chi connectivity index (χ2v) is 5.48. The van der Waals surface area contributed by atoms with Crippen molar-refractivity contribution in [2.75, 3.05) is 18.2 Å². The van der Waals surface area contributed by atoms with Gasteiger partial charge >= 0.3 is 0 Å². The van der Waals surface area contributed by atoms with Crippen molar-refractivity contribution in [2.45, 2.75) is 4.90 Å². The maximum atomic E-state index is 11.9. The van der Waals surface area contributed by atoms with Crippen LogP contribution in [0.15, 0.2) is 53.4 Å². The molecule has 0 heterocycles. The Balaban J connectivity index is 1.96. The third kappa shape index (κ3) is 4.18. The molecule has 0 saturated carbocycles. The predicted molar refractivity (Wildman–Crippen MR) is 83.8 cm³/mol. The number of carbonyl (C=O) groups excluding carboxylic acids is 1. The molecule has 0 aliphatic carbocycles. The molecule has 2 rings (SSSR count). The number of anilines is 1. The Labute approximate surface area is 127 Å². The summed E-state index contributed by atoms with van der Waals surface area (Å²) in [7, 11) is 1.55. The Bertz CT molecular complexity index is 590. The van der Waals surface area contributed by atoms with Crippen LogP contribution in [-0.2, 0) is 4.79 Å². The van der Waals surface area contributed by atoms with Gasteiger partial charge in [0, 0.05) is 9.92 Å². The van der Waals surface area contributed by atoms with Crippen LogP contribution in [0.4, 0.5) is 5.69 Å². The van der Waals surface area contributed by atoms with Crippen LogP contribution >= 0.6 is 23.4 Å². The molecule has 0 atom stereocenters. The molecule has 1 amide bonds. The van der Waals surface area contributed by atoms with Gasteiger partial charge in [-0.3, -0.25) is 4.79 Å². The van der Waals surface area contributed by atoms with E-state index in [0.717, 1.165) is 4.90 Å². The Morgan fingerprint density at radius 2 is 2.00 bits per heavy atom. The molecule has 2 aromatic carbocycles. The lowest BCUT2D eigenvalue weighted by Crippen LogP contribution is -2.14. The molecular formula is C15H14ClNO2S. The van der Waals surface area contributed by atoms with Crippen LogP contribution in [0.25, 0.3) is 0 Å². The highest BCUT2D eigenvalue weighted by Crippen LogP contribution is 2.28. The van der Waals surface area contributed by atoms with Crippen molar-refractivity contribution < 1.29 is 9.53 Å². The van der Waals surface area contributed by atoms with Crippen molar-refractivity contribution in [1.82, 2.24) is 0 Å². The van der Waals surface area contributed by atoms with Gasteiger partial charge in [-0.15, -0.1) is 11.8 Å². The summed E-state index contributed by atoms with van der Waals surface area (Å²) < 4.78 is 5.18. The van der Waals surface area contributed by atoms with Gasteiger partial charge in [-0.05, 0) is 30.3 Å². The minimum Gasteiger partial charge on any atom is -0.495 e. The molecule has 20 heavy (non-hydrogen) atoms. The number of hydrogen-bond acceptors (Lipinski definition) is 3. The Kier molecular flexibility index (Phi) is 5.32. The third-order valence-electron chi connectivity index (χ3n) is 2.55. The van der Waals surface area contributed by atoms with Gasteiger partial charge in [0.25, 0.3) is 0 Å². The average Bonchev–Trinajstić information content (AvgIpc) is 2.46. The van der Waals surface area contributed by atoms with Gasteiger partial charge < -0.3 is 10.1 Å². The molecule has 0 saturated heterocycles. The molecule has 0 aliphatic rings. The van der Waals surface area contributed by atoms with E-state index in [9.17, 15) is 4.79 Å². The molecule has 0 aliphatic heterocycles. The van der Waals surface area contributed by atoms with Gasteiger partial charge in [-0.2, -0.15) is 0 Å². The minimum atomic E-state index is -0.0978. The second kappa shape index (κ2) is 7.22. The molecule has 5 heteroatoms. The van der Waals surface area contributed by atoms with E-state index in [1.807, 2.05) is 30.3 Å².